The normalized spacial score (nSPS) is 20.2. The minimum Gasteiger partial charge on any atom is -0.379 e. The fourth-order valence-electron chi connectivity index (χ4n) is 6.38. The molecule has 3 fully saturated rings. The zero-order chi connectivity index (χ0) is 32.4. The molecular formula is C35H41FN6O4S. The van der Waals surface area contributed by atoms with Crippen molar-refractivity contribution in [3.8, 4) is 0 Å². The highest BCUT2D eigenvalue weighted by molar-refractivity contribution is 7.89. The summed E-state index contributed by atoms with van der Waals surface area (Å²) in [6.45, 7) is 9.20. The van der Waals surface area contributed by atoms with E-state index in [1.54, 1.807) is 12.1 Å². The molecule has 0 radical (unpaired) electrons. The summed E-state index contributed by atoms with van der Waals surface area (Å²) in [6.07, 6.45) is 2.05. The molecule has 7 rings (SSSR count). The third kappa shape index (κ3) is 7.37. The average Bonchev–Trinajstić information content (AvgIpc) is 3.87. The van der Waals surface area contributed by atoms with Crippen LogP contribution in [0.1, 0.15) is 24.0 Å². The second-order valence-electron chi connectivity index (χ2n) is 12.6. The molecule has 3 heterocycles. The molecule has 0 unspecified atom stereocenters. The number of halogens is 1. The summed E-state index contributed by atoms with van der Waals surface area (Å²) in [6, 6.07) is 19.0. The smallest absolute Gasteiger partial charge is 0.258 e. The molecule has 4 aliphatic rings. The van der Waals surface area contributed by atoms with Crippen LogP contribution < -0.4 is 20.3 Å². The standard InChI is InChI=1S/C35H41FN6O4S/c36-30-22-27(8-11-32(30)42-16-14-40(15-17-42)12-13-41-18-20-46-21-19-41)38-34(26-4-2-1-3-5-26)33-29-23-28(9-10-31(29)39-35(33)43)47(44,45)37-24-25-6-7-25/h1-5,8-11,22-23,25,37-38H,6-7,12-21,24H2,(H,39,43)/b34-33-. The molecule has 0 aromatic heterocycles. The second kappa shape index (κ2) is 13.7. The topological polar surface area (TPSA) is 106 Å². The molecule has 0 atom stereocenters. The van der Waals surface area contributed by atoms with Crippen molar-refractivity contribution >= 4 is 44.3 Å². The van der Waals surface area contributed by atoms with Crippen molar-refractivity contribution in [3.05, 3.63) is 83.7 Å². The number of nitrogens with one attached hydrogen (secondary N) is 3. The van der Waals surface area contributed by atoms with Crippen LogP contribution in [0.25, 0.3) is 11.3 Å². The third-order valence-electron chi connectivity index (χ3n) is 9.38. The Labute approximate surface area is 275 Å². The lowest BCUT2D eigenvalue weighted by Gasteiger charge is -2.37. The maximum atomic E-state index is 15.7. The van der Waals surface area contributed by atoms with Crippen molar-refractivity contribution in [2.45, 2.75) is 17.7 Å². The molecule has 3 aromatic rings. The number of hydrogen-bond donors (Lipinski definition) is 3. The first kappa shape index (κ1) is 31.8. The van der Waals surface area contributed by atoms with Gasteiger partial charge >= 0.3 is 0 Å². The summed E-state index contributed by atoms with van der Waals surface area (Å²) in [5.41, 5.74) is 3.49. The van der Waals surface area contributed by atoms with Gasteiger partial charge in [0.05, 0.1) is 35.1 Å². The van der Waals surface area contributed by atoms with E-state index in [2.05, 4.69) is 30.1 Å². The van der Waals surface area contributed by atoms with Gasteiger partial charge in [-0.3, -0.25) is 14.6 Å². The Morgan fingerprint density at radius 2 is 1.62 bits per heavy atom. The zero-order valence-electron chi connectivity index (χ0n) is 26.4. The molecular weight excluding hydrogens is 619 g/mol. The number of amides is 1. The predicted molar refractivity (Wildman–Crippen MR) is 182 cm³/mol. The zero-order valence-corrected chi connectivity index (χ0v) is 27.2. The summed E-state index contributed by atoms with van der Waals surface area (Å²) in [5.74, 6) is -0.329. The van der Waals surface area contributed by atoms with Gasteiger partial charge in [0, 0.05) is 75.8 Å². The number of nitrogens with zero attached hydrogens (tertiary/aromatic N) is 3. The highest BCUT2D eigenvalue weighted by atomic mass is 32.2. The number of rotatable bonds is 11. The fraction of sp³-hybridized carbons (Fsp3) is 0.400. The first-order valence-electron chi connectivity index (χ1n) is 16.4. The van der Waals surface area contributed by atoms with Crippen LogP contribution in [0, 0.1) is 11.7 Å². The summed E-state index contributed by atoms with van der Waals surface area (Å²) in [7, 11) is -3.76. The molecule has 248 valence electrons. The molecule has 47 heavy (non-hydrogen) atoms. The Kier molecular flexibility index (Phi) is 9.29. The summed E-state index contributed by atoms with van der Waals surface area (Å²) in [5, 5.41) is 6.19. The summed E-state index contributed by atoms with van der Waals surface area (Å²) >= 11 is 0. The van der Waals surface area contributed by atoms with Gasteiger partial charge in [-0.1, -0.05) is 30.3 Å². The lowest BCUT2D eigenvalue weighted by molar-refractivity contribution is -0.110. The highest BCUT2D eigenvalue weighted by Crippen LogP contribution is 2.39. The molecule has 12 heteroatoms. The molecule has 3 N–H and O–H groups in total. The van der Waals surface area contributed by atoms with Crippen LogP contribution in [0.3, 0.4) is 0 Å². The molecule has 10 nitrogen and oxygen atoms in total. The molecule has 2 saturated heterocycles. The lowest BCUT2D eigenvalue weighted by atomic mass is 10.00. The van der Waals surface area contributed by atoms with Crippen LogP contribution in [-0.4, -0.2) is 96.2 Å². The van der Waals surface area contributed by atoms with Crippen LogP contribution in [0.5, 0.6) is 0 Å². The SMILES string of the molecule is O=C1Nc2ccc(S(=O)(=O)NCC3CC3)cc2/C1=C(/Nc1ccc(N2CCN(CCN3CCOCC3)CC2)c(F)c1)c1ccccc1. The number of piperazine rings is 1. The van der Waals surface area contributed by atoms with E-state index in [9.17, 15) is 13.2 Å². The molecule has 3 aromatic carbocycles. The first-order valence-corrected chi connectivity index (χ1v) is 17.9. The van der Waals surface area contributed by atoms with Gasteiger partial charge < -0.3 is 20.3 Å². The van der Waals surface area contributed by atoms with Gasteiger partial charge in [-0.2, -0.15) is 0 Å². The highest BCUT2D eigenvalue weighted by Gasteiger charge is 2.31. The maximum Gasteiger partial charge on any atom is 0.258 e. The van der Waals surface area contributed by atoms with Crippen molar-refractivity contribution < 1.29 is 22.3 Å². The first-order chi connectivity index (χ1) is 22.8. The van der Waals surface area contributed by atoms with Crippen molar-refractivity contribution in [2.75, 3.05) is 87.7 Å². The van der Waals surface area contributed by atoms with Crippen molar-refractivity contribution in [1.29, 1.82) is 0 Å². The molecule has 1 amide bonds. The third-order valence-corrected chi connectivity index (χ3v) is 10.8. The number of sulfonamides is 1. The Morgan fingerprint density at radius 1 is 0.894 bits per heavy atom. The van der Waals surface area contributed by atoms with Gasteiger partial charge in [0.25, 0.3) is 5.91 Å². The minimum atomic E-state index is -3.76. The van der Waals surface area contributed by atoms with E-state index in [1.807, 2.05) is 36.4 Å². The number of fused-ring (bicyclic) bond motifs is 1. The van der Waals surface area contributed by atoms with E-state index in [0.717, 1.165) is 78.4 Å². The van der Waals surface area contributed by atoms with Gasteiger partial charge in [0.15, 0.2) is 0 Å². The largest absolute Gasteiger partial charge is 0.379 e. The van der Waals surface area contributed by atoms with Crippen molar-refractivity contribution in [2.24, 2.45) is 5.92 Å². The van der Waals surface area contributed by atoms with Gasteiger partial charge in [-0.15, -0.1) is 0 Å². The summed E-state index contributed by atoms with van der Waals surface area (Å²) < 4.78 is 50.0. The number of benzene rings is 3. The summed E-state index contributed by atoms with van der Waals surface area (Å²) in [4.78, 5) is 20.5. The van der Waals surface area contributed by atoms with E-state index >= 15 is 4.39 Å². The van der Waals surface area contributed by atoms with E-state index in [0.29, 0.717) is 51.9 Å². The van der Waals surface area contributed by atoms with Crippen LogP contribution in [-0.2, 0) is 19.6 Å². The van der Waals surface area contributed by atoms with Crippen molar-refractivity contribution in [1.82, 2.24) is 14.5 Å². The van der Waals surface area contributed by atoms with Crippen LogP contribution >= 0.6 is 0 Å². The molecule has 3 aliphatic heterocycles. The number of carbonyl (C=O) groups is 1. The average molecular weight is 661 g/mol. The molecule has 1 saturated carbocycles. The van der Waals surface area contributed by atoms with Gasteiger partial charge in [0.2, 0.25) is 10.0 Å². The van der Waals surface area contributed by atoms with E-state index < -0.39 is 10.0 Å². The molecule has 0 bridgehead atoms. The van der Waals surface area contributed by atoms with Crippen LogP contribution in [0.15, 0.2) is 71.6 Å². The Morgan fingerprint density at radius 3 is 2.32 bits per heavy atom. The predicted octanol–water partition coefficient (Wildman–Crippen LogP) is 3.90. The van der Waals surface area contributed by atoms with Gasteiger partial charge in [0.1, 0.15) is 5.82 Å². The number of morpholine rings is 1. The maximum absolute atomic E-state index is 15.7. The van der Waals surface area contributed by atoms with Crippen LogP contribution in [0.4, 0.5) is 21.5 Å². The van der Waals surface area contributed by atoms with E-state index in [1.165, 1.54) is 18.2 Å². The number of carbonyl (C=O) groups excluding carboxylic acids is 1. The fourth-order valence-corrected chi connectivity index (χ4v) is 7.53. The number of anilines is 3. The second-order valence-corrected chi connectivity index (χ2v) is 14.4. The molecule has 1 aliphatic carbocycles. The quantitative estimate of drug-likeness (QED) is 0.266. The van der Waals surface area contributed by atoms with Gasteiger partial charge in [-0.05, 0) is 60.7 Å². The Hall–Kier alpha value is -3.81. The number of hydrogen-bond acceptors (Lipinski definition) is 8. The monoisotopic (exact) mass is 660 g/mol. The Bertz CT molecular complexity index is 1750. The van der Waals surface area contributed by atoms with Gasteiger partial charge in [-0.25, -0.2) is 17.5 Å². The van der Waals surface area contributed by atoms with E-state index in [-0.39, 0.29) is 16.6 Å². The molecule has 0 spiro atoms. The Balaban J connectivity index is 1.11. The lowest BCUT2D eigenvalue weighted by Crippen LogP contribution is -2.49. The van der Waals surface area contributed by atoms with E-state index in [4.69, 9.17) is 4.74 Å². The number of ether oxygens (including phenoxy) is 1. The van der Waals surface area contributed by atoms with Crippen LogP contribution in [0.2, 0.25) is 0 Å². The minimum absolute atomic E-state index is 0.0925. The van der Waals surface area contributed by atoms with Crippen molar-refractivity contribution in [3.63, 3.8) is 0 Å².